The summed E-state index contributed by atoms with van der Waals surface area (Å²) >= 11 is 0. The SMILES string of the molecule is COc1cncc(C(=O)Nc2ccc(C=CC(=O)O)cn2)c1. The van der Waals surface area contributed by atoms with Gasteiger partial charge in [0.2, 0.25) is 0 Å². The van der Waals surface area contributed by atoms with Gasteiger partial charge in [0, 0.05) is 18.5 Å². The molecule has 0 bridgehead atoms. The van der Waals surface area contributed by atoms with Gasteiger partial charge < -0.3 is 15.2 Å². The second-order valence-electron chi connectivity index (χ2n) is 4.22. The van der Waals surface area contributed by atoms with E-state index in [9.17, 15) is 9.59 Å². The highest BCUT2D eigenvalue weighted by molar-refractivity contribution is 6.03. The highest BCUT2D eigenvalue weighted by atomic mass is 16.5. The van der Waals surface area contributed by atoms with Crippen LogP contribution in [-0.2, 0) is 4.79 Å². The van der Waals surface area contributed by atoms with Crippen molar-refractivity contribution in [3.8, 4) is 5.75 Å². The van der Waals surface area contributed by atoms with Gasteiger partial charge in [0.15, 0.2) is 0 Å². The standard InChI is InChI=1S/C15H13N3O4/c1-22-12-6-11(8-16-9-12)15(21)18-13-4-2-10(7-17-13)3-5-14(19)20/h2-9H,1H3,(H,19,20)(H,17,18,21). The summed E-state index contributed by atoms with van der Waals surface area (Å²) in [5.74, 6) is -0.578. The number of carboxylic acid groups (broad SMARTS) is 1. The zero-order chi connectivity index (χ0) is 15.9. The first-order chi connectivity index (χ1) is 10.6. The van der Waals surface area contributed by atoms with Crippen molar-refractivity contribution >= 4 is 23.8 Å². The third kappa shape index (κ3) is 4.14. The Kier molecular flexibility index (Phi) is 4.81. The minimum absolute atomic E-state index is 0.344. The molecule has 2 rings (SSSR count). The van der Waals surface area contributed by atoms with Gasteiger partial charge in [0.1, 0.15) is 11.6 Å². The molecule has 0 radical (unpaired) electrons. The Balaban J connectivity index is 2.06. The van der Waals surface area contributed by atoms with Gasteiger partial charge in [-0.1, -0.05) is 0 Å². The maximum absolute atomic E-state index is 12.0. The van der Waals surface area contributed by atoms with Gasteiger partial charge in [0.05, 0.1) is 18.9 Å². The number of carbonyl (C=O) groups is 2. The highest BCUT2D eigenvalue weighted by Gasteiger charge is 2.08. The Labute approximate surface area is 126 Å². The molecule has 0 aliphatic rings. The summed E-state index contributed by atoms with van der Waals surface area (Å²) in [6.07, 6.45) is 6.80. The number of carboxylic acids is 1. The summed E-state index contributed by atoms with van der Waals surface area (Å²) in [6.45, 7) is 0. The smallest absolute Gasteiger partial charge is 0.328 e. The van der Waals surface area contributed by atoms with Crippen molar-refractivity contribution in [1.82, 2.24) is 9.97 Å². The average Bonchev–Trinajstić information content (AvgIpc) is 2.54. The Hall–Kier alpha value is -3.22. The van der Waals surface area contributed by atoms with Crippen LogP contribution in [0.3, 0.4) is 0 Å². The molecular weight excluding hydrogens is 286 g/mol. The maximum atomic E-state index is 12.0. The number of ether oxygens (including phenoxy) is 1. The zero-order valence-corrected chi connectivity index (χ0v) is 11.7. The van der Waals surface area contributed by atoms with Crippen molar-refractivity contribution in [2.24, 2.45) is 0 Å². The summed E-state index contributed by atoms with van der Waals surface area (Å²) in [4.78, 5) is 30.4. The van der Waals surface area contributed by atoms with Crippen LogP contribution in [0.4, 0.5) is 5.82 Å². The molecule has 7 heteroatoms. The highest BCUT2D eigenvalue weighted by Crippen LogP contribution is 2.13. The van der Waals surface area contributed by atoms with E-state index in [0.717, 1.165) is 6.08 Å². The van der Waals surface area contributed by atoms with E-state index in [1.165, 1.54) is 31.8 Å². The average molecular weight is 299 g/mol. The third-order valence-corrected chi connectivity index (χ3v) is 2.66. The molecule has 0 saturated heterocycles. The van der Waals surface area contributed by atoms with Crippen LogP contribution in [0.15, 0.2) is 42.9 Å². The number of pyridine rings is 2. The normalized spacial score (nSPS) is 10.4. The van der Waals surface area contributed by atoms with Gasteiger partial charge in [-0.15, -0.1) is 0 Å². The molecule has 2 aromatic heterocycles. The molecule has 0 aliphatic heterocycles. The van der Waals surface area contributed by atoms with Crippen LogP contribution in [0.2, 0.25) is 0 Å². The molecule has 112 valence electrons. The number of nitrogens with one attached hydrogen (secondary N) is 1. The fourth-order valence-corrected chi connectivity index (χ4v) is 1.59. The maximum Gasteiger partial charge on any atom is 0.328 e. The summed E-state index contributed by atoms with van der Waals surface area (Å²) in [6, 6.07) is 4.78. The molecule has 7 nitrogen and oxygen atoms in total. The second-order valence-corrected chi connectivity index (χ2v) is 4.22. The molecule has 0 aromatic carbocycles. The minimum Gasteiger partial charge on any atom is -0.495 e. The third-order valence-electron chi connectivity index (χ3n) is 2.66. The Bertz CT molecular complexity index is 711. The van der Waals surface area contributed by atoms with Crippen LogP contribution in [0.25, 0.3) is 6.08 Å². The van der Waals surface area contributed by atoms with Crippen molar-refractivity contribution in [1.29, 1.82) is 0 Å². The fraction of sp³-hybridized carbons (Fsp3) is 0.0667. The van der Waals surface area contributed by atoms with Gasteiger partial charge in [-0.05, 0) is 29.8 Å². The van der Waals surface area contributed by atoms with Crippen LogP contribution in [0.5, 0.6) is 5.75 Å². The number of anilines is 1. The summed E-state index contributed by atoms with van der Waals surface area (Å²) in [5, 5.41) is 11.2. The Morgan fingerprint density at radius 3 is 2.73 bits per heavy atom. The van der Waals surface area contributed by atoms with Gasteiger partial charge >= 0.3 is 5.97 Å². The largest absolute Gasteiger partial charge is 0.495 e. The summed E-state index contributed by atoms with van der Waals surface area (Å²) < 4.78 is 5.00. The van der Waals surface area contributed by atoms with Crippen LogP contribution >= 0.6 is 0 Å². The molecule has 2 heterocycles. The topological polar surface area (TPSA) is 101 Å². The number of nitrogens with zero attached hydrogens (tertiary/aromatic N) is 2. The van der Waals surface area contributed by atoms with Crippen molar-refractivity contribution < 1.29 is 19.4 Å². The van der Waals surface area contributed by atoms with Crippen molar-refractivity contribution in [3.05, 3.63) is 54.0 Å². The number of amides is 1. The predicted octanol–water partition coefficient (Wildman–Crippen LogP) is 1.84. The van der Waals surface area contributed by atoms with Crippen molar-refractivity contribution in [2.75, 3.05) is 12.4 Å². The number of rotatable bonds is 5. The summed E-state index contributed by atoms with van der Waals surface area (Å²) in [7, 11) is 1.49. The van der Waals surface area contributed by atoms with Gasteiger partial charge in [-0.2, -0.15) is 0 Å². The van der Waals surface area contributed by atoms with E-state index in [4.69, 9.17) is 9.84 Å². The number of hydrogen-bond donors (Lipinski definition) is 2. The van der Waals surface area contributed by atoms with E-state index in [2.05, 4.69) is 15.3 Å². The lowest BCUT2D eigenvalue weighted by molar-refractivity contribution is -0.131. The zero-order valence-electron chi connectivity index (χ0n) is 11.7. The first-order valence-corrected chi connectivity index (χ1v) is 6.26. The van der Waals surface area contributed by atoms with E-state index in [1.54, 1.807) is 18.2 Å². The Morgan fingerprint density at radius 1 is 1.27 bits per heavy atom. The van der Waals surface area contributed by atoms with Crippen LogP contribution in [0, 0.1) is 0 Å². The first-order valence-electron chi connectivity index (χ1n) is 6.26. The monoisotopic (exact) mass is 299 g/mol. The van der Waals surface area contributed by atoms with Crippen LogP contribution in [0.1, 0.15) is 15.9 Å². The lowest BCUT2D eigenvalue weighted by Gasteiger charge is -2.05. The minimum atomic E-state index is -1.04. The molecular formula is C15H13N3O4. The molecule has 0 spiro atoms. The van der Waals surface area contributed by atoms with Crippen molar-refractivity contribution in [3.63, 3.8) is 0 Å². The molecule has 2 aromatic rings. The molecule has 0 fully saturated rings. The number of aliphatic carboxylic acids is 1. The molecule has 22 heavy (non-hydrogen) atoms. The number of hydrogen-bond acceptors (Lipinski definition) is 5. The quantitative estimate of drug-likeness (QED) is 0.817. The molecule has 0 atom stereocenters. The number of methoxy groups -OCH3 is 1. The summed E-state index contributed by atoms with van der Waals surface area (Å²) in [5.41, 5.74) is 0.958. The lowest BCUT2D eigenvalue weighted by atomic mass is 10.2. The fourth-order valence-electron chi connectivity index (χ4n) is 1.59. The van der Waals surface area contributed by atoms with E-state index in [-0.39, 0.29) is 5.91 Å². The number of aromatic nitrogens is 2. The molecule has 0 unspecified atom stereocenters. The van der Waals surface area contributed by atoms with Crippen LogP contribution < -0.4 is 10.1 Å². The van der Waals surface area contributed by atoms with Crippen molar-refractivity contribution in [2.45, 2.75) is 0 Å². The van der Waals surface area contributed by atoms with Gasteiger partial charge in [-0.25, -0.2) is 9.78 Å². The Morgan fingerprint density at radius 2 is 2.09 bits per heavy atom. The first kappa shape index (κ1) is 15.2. The molecule has 2 N–H and O–H groups in total. The lowest BCUT2D eigenvalue weighted by Crippen LogP contribution is -2.13. The second kappa shape index (κ2) is 6.98. The van der Waals surface area contributed by atoms with E-state index in [1.807, 2.05) is 0 Å². The molecule has 0 aliphatic carbocycles. The van der Waals surface area contributed by atoms with Crippen LogP contribution in [-0.4, -0.2) is 34.1 Å². The van der Waals surface area contributed by atoms with Gasteiger partial charge in [0.25, 0.3) is 5.91 Å². The van der Waals surface area contributed by atoms with E-state index >= 15 is 0 Å². The molecule has 0 saturated carbocycles. The van der Waals surface area contributed by atoms with E-state index < -0.39 is 5.97 Å². The van der Waals surface area contributed by atoms with E-state index in [0.29, 0.717) is 22.7 Å². The number of carbonyl (C=O) groups excluding carboxylic acids is 1. The van der Waals surface area contributed by atoms with Gasteiger partial charge in [-0.3, -0.25) is 9.78 Å². The predicted molar refractivity (Wildman–Crippen MR) is 79.6 cm³/mol. The molecule has 1 amide bonds.